The third-order valence-corrected chi connectivity index (χ3v) is 5.91. The van der Waals surface area contributed by atoms with E-state index in [0.717, 1.165) is 25.9 Å². The van der Waals surface area contributed by atoms with Crippen LogP contribution in [0, 0.1) is 23.2 Å². The fourth-order valence-electron chi connectivity index (χ4n) is 5.40. The van der Waals surface area contributed by atoms with Crippen molar-refractivity contribution < 1.29 is 14.3 Å². The zero-order valence-corrected chi connectivity index (χ0v) is 11.1. The molecule has 4 aliphatic rings. The van der Waals surface area contributed by atoms with Crippen LogP contribution in [0.2, 0.25) is 0 Å². The molecule has 98 valence electrons. The number of ketones is 1. The minimum absolute atomic E-state index is 0.149. The smallest absolute Gasteiger partial charge is 0.184 e. The molecule has 3 heteroatoms. The highest BCUT2D eigenvalue weighted by atomic mass is 16.7. The molecule has 0 aromatic rings. The summed E-state index contributed by atoms with van der Waals surface area (Å²) >= 11 is 0. The van der Waals surface area contributed by atoms with Crippen molar-refractivity contribution in [2.75, 3.05) is 13.7 Å². The van der Waals surface area contributed by atoms with Crippen LogP contribution in [0.1, 0.15) is 32.6 Å². The summed E-state index contributed by atoms with van der Waals surface area (Å²) in [5.41, 5.74) is 1.02. The Balaban J connectivity index is 1.93. The second-order valence-corrected chi connectivity index (χ2v) is 6.39. The molecule has 3 aliphatic carbocycles. The van der Waals surface area contributed by atoms with E-state index in [1.807, 2.05) is 0 Å². The molecule has 3 fully saturated rings. The van der Waals surface area contributed by atoms with E-state index in [2.05, 4.69) is 13.0 Å². The standard InChI is InChI=1S/C15H20O3/c1-9-8-14-6-3-4-10(14)11-5-7-18-15(11,17-2)12(9)13(14)16/h8,10-12H,3-7H2,1-2H3/t10-,11+,12+,14+,15+/m1/s1. The van der Waals surface area contributed by atoms with Gasteiger partial charge >= 0.3 is 0 Å². The average molecular weight is 248 g/mol. The summed E-state index contributed by atoms with van der Waals surface area (Å²) in [5.74, 6) is 0.432. The molecule has 0 N–H and O–H groups in total. The van der Waals surface area contributed by atoms with Gasteiger partial charge in [0.2, 0.25) is 0 Å². The van der Waals surface area contributed by atoms with Gasteiger partial charge in [0, 0.05) is 13.0 Å². The molecule has 1 aliphatic heterocycles. The Bertz CT molecular complexity index is 455. The Morgan fingerprint density at radius 1 is 1.39 bits per heavy atom. The summed E-state index contributed by atoms with van der Waals surface area (Å²) in [6.45, 7) is 2.82. The topological polar surface area (TPSA) is 35.5 Å². The maximum atomic E-state index is 12.9. The van der Waals surface area contributed by atoms with Crippen LogP contribution in [0.5, 0.6) is 0 Å². The number of carbonyl (C=O) groups is 1. The van der Waals surface area contributed by atoms with Crippen molar-refractivity contribution in [2.45, 2.75) is 38.4 Å². The van der Waals surface area contributed by atoms with Crippen molar-refractivity contribution in [1.82, 2.24) is 0 Å². The molecule has 0 aromatic heterocycles. The number of hydrogen-bond acceptors (Lipinski definition) is 3. The first-order valence-electron chi connectivity index (χ1n) is 7.08. The van der Waals surface area contributed by atoms with Crippen molar-refractivity contribution in [3.8, 4) is 0 Å². The SMILES string of the molecule is CO[C@]12OCC[C@H]1[C@H]1CCC[C@]13C=C(C)[C@H]2C3=O. The first-order valence-corrected chi connectivity index (χ1v) is 7.08. The van der Waals surface area contributed by atoms with Crippen LogP contribution in [0.3, 0.4) is 0 Å². The van der Waals surface area contributed by atoms with Crippen LogP contribution in [0.25, 0.3) is 0 Å². The first-order chi connectivity index (χ1) is 8.66. The highest BCUT2D eigenvalue weighted by Gasteiger charge is 2.71. The van der Waals surface area contributed by atoms with Gasteiger partial charge in [-0.25, -0.2) is 0 Å². The summed E-state index contributed by atoms with van der Waals surface area (Å²) in [5, 5.41) is 0. The number of fused-ring (bicyclic) bond motifs is 4. The minimum atomic E-state index is -0.646. The zero-order chi connectivity index (χ0) is 12.5. The monoisotopic (exact) mass is 248 g/mol. The van der Waals surface area contributed by atoms with Crippen LogP contribution in [-0.2, 0) is 14.3 Å². The Labute approximate surface area is 108 Å². The lowest BCUT2D eigenvalue weighted by molar-refractivity contribution is -0.257. The van der Waals surface area contributed by atoms with E-state index < -0.39 is 5.79 Å². The van der Waals surface area contributed by atoms with Gasteiger partial charge in [-0.15, -0.1) is 0 Å². The number of ether oxygens (including phenoxy) is 2. The molecule has 5 atom stereocenters. The van der Waals surface area contributed by atoms with Gasteiger partial charge in [0.1, 0.15) is 0 Å². The molecule has 0 amide bonds. The van der Waals surface area contributed by atoms with Gasteiger partial charge in [0.25, 0.3) is 0 Å². The minimum Gasteiger partial charge on any atom is -0.352 e. The summed E-state index contributed by atoms with van der Waals surface area (Å²) in [6.07, 6.45) is 6.68. The summed E-state index contributed by atoms with van der Waals surface area (Å²) in [7, 11) is 1.71. The highest BCUT2D eigenvalue weighted by molar-refractivity contribution is 5.97. The van der Waals surface area contributed by atoms with Crippen LogP contribution in [-0.4, -0.2) is 25.3 Å². The number of allylic oxidation sites excluding steroid dienone is 1. The third kappa shape index (κ3) is 0.958. The maximum absolute atomic E-state index is 12.9. The second-order valence-electron chi connectivity index (χ2n) is 6.39. The van der Waals surface area contributed by atoms with Crippen LogP contribution >= 0.6 is 0 Å². The van der Waals surface area contributed by atoms with Crippen molar-refractivity contribution in [3.05, 3.63) is 11.6 Å². The Morgan fingerprint density at radius 2 is 2.22 bits per heavy atom. The molecular formula is C15H20O3. The predicted octanol–water partition coefficient (Wildman–Crippen LogP) is 2.31. The molecule has 1 saturated heterocycles. The molecule has 2 bridgehead atoms. The Kier molecular flexibility index (Phi) is 2.02. The van der Waals surface area contributed by atoms with E-state index in [4.69, 9.17) is 9.47 Å². The lowest BCUT2D eigenvalue weighted by atomic mass is 9.60. The van der Waals surface area contributed by atoms with Crippen LogP contribution in [0.4, 0.5) is 0 Å². The van der Waals surface area contributed by atoms with E-state index in [1.54, 1.807) is 7.11 Å². The number of hydrogen-bond donors (Lipinski definition) is 0. The molecule has 0 unspecified atom stereocenters. The molecule has 1 spiro atoms. The van der Waals surface area contributed by atoms with Gasteiger partial charge in [-0.05, 0) is 32.1 Å². The second kappa shape index (κ2) is 3.26. The quantitative estimate of drug-likeness (QED) is 0.668. The lowest BCUT2D eigenvalue weighted by Crippen LogP contribution is -2.58. The first kappa shape index (κ1) is 11.2. The maximum Gasteiger partial charge on any atom is 0.184 e. The summed E-state index contributed by atoms with van der Waals surface area (Å²) < 4.78 is 11.8. The molecule has 4 rings (SSSR count). The highest BCUT2D eigenvalue weighted by Crippen LogP contribution is 2.66. The number of methoxy groups -OCH3 is 1. The van der Waals surface area contributed by atoms with Crippen molar-refractivity contribution in [3.63, 3.8) is 0 Å². The van der Waals surface area contributed by atoms with Crippen LogP contribution < -0.4 is 0 Å². The third-order valence-electron chi connectivity index (χ3n) is 5.91. The van der Waals surface area contributed by atoms with E-state index in [-0.39, 0.29) is 11.3 Å². The van der Waals surface area contributed by atoms with Gasteiger partial charge in [-0.2, -0.15) is 0 Å². The van der Waals surface area contributed by atoms with Crippen molar-refractivity contribution in [1.29, 1.82) is 0 Å². The lowest BCUT2D eigenvalue weighted by Gasteiger charge is -2.48. The fraction of sp³-hybridized carbons (Fsp3) is 0.800. The molecule has 3 nitrogen and oxygen atoms in total. The molecule has 0 aromatic carbocycles. The number of rotatable bonds is 1. The molecule has 0 radical (unpaired) electrons. The average Bonchev–Trinajstić information content (AvgIpc) is 2.98. The van der Waals surface area contributed by atoms with E-state index in [1.165, 1.54) is 12.0 Å². The normalized spacial score (nSPS) is 53.3. The van der Waals surface area contributed by atoms with Gasteiger partial charge in [-0.1, -0.05) is 18.1 Å². The molecular weight excluding hydrogens is 228 g/mol. The largest absolute Gasteiger partial charge is 0.352 e. The van der Waals surface area contributed by atoms with E-state index in [9.17, 15) is 4.79 Å². The van der Waals surface area contributed by atoms with Gasteiger partial charge < -0.3 is 9.47 Å². The Hall–Kier alpha value is -0.670. The van der Waals surface area contributed by atoms with E-state index >= 15 is 0 Å². The van der Waals surface area contributed by atoms with Crippen molar-refractivity contribution >= 4 is 5.78 Å². The van der Waals surface area contributed by atoms with Gasteiger partial charge in [-0.3, -0.25) is 4.79 Å². The predicted molar refractivity (Wildman–Crippen MR) is 65.8 cm³/mol. The summed E-state index contributed by atoms with van der Waals surface area (Å²) in [6, 6.07) is 0. The van der Waals surface area contributed by atoms with Crippen molar-refractivity contribution in [2.24, 2.45) is 23.2 Å². The van der Waals surface area contributed by atoms with E-state index in [0.29, 0.717) is 17.6 Å². The molecule has 2 saturated carbocycles. The zero-order valence-electron chi connectivity index (χ0n) is 11.1. The Morgan fingerprint density at radius 3 is 3.00 bits per heavy atom. The number of carbonyl (C=O) groups excluding carboxylic acids is 1. The van der Waals surface area contributed by atoms with Gasteiger partial charge in [0.15, 0.2) is 11.6 Å². The van der Waals surface area contributed by atoms with Crippen LogP contribution in [0.15, 0.2) is 11.6 Å². The summed E-state index contributed by atoms with van der Waals surface area (Å²) in [4.78, 5) is 12.9. The molecule has 1 heterocycles. The fourth-order valence-corrected chi connectivity index (χ4v) is 5.40. The molecule has 18 heavy (non-hydrogen) atoms. The van der Waals surface area contributed by atoms with Gasteiger partial charge in [0.05, 0.1) is 17.9 Å². The number of Topliss-reactive ketones (excluding diaryl/α,β-unsaturated/α-hetero) is 1.